The van der Waals surface area contributed by atoms with Crippen LogP contribution in [0.3, 0.4) is 0 Å². The fourth-order valence-electron chi connectivity index (χ4n) is 6.39. The standard InChI is InChI=1S/C36H25BN2/c1-3-13-27(14-4-1)38-34-21-11-8-19-31(34)32-25-26(23-24-35(32)38)37-33-20-10-7-17-29(33)30-18-9-12-22-36(30)39(37)28-15-5-2-6-16-28/h1-25H. The molecule has 6 aromatic carbocycles. The van der Waals surface area contributed by atoms with Crippen molar-refractivity contribution in [2.45, 2.75) is 0 Å². The summed E-state index contributed by atoms with van der Waals surface area (Å²) in [5, 5.41) is 2.55. The van der Waals surface area contributed by atoms with Crippen LogP contribution in [0.2, 0.25) is 0 Å². The maximum absolute atomic E-state index is 2.51. The molecule has 0 amide bonds. The van der Waals surface area contributed by atoms with E-state index >= 15 is 0 Å². The highest BCUT2D eigenvalue weighted by Gasteiger charge is 2.37. The summed E-state index contributed by atoms with van der Waals surface area (Å²) in [6.45, 7) is 0.0433. The van der Waals surface area contributed by atoms with Gasteiger partial charge in [-0.25, -0.2) is 0 Å². The van der Waals surface area contributed by atoms with Gasteiger partial charge in [-0.15, -0.1) is 0 Å². The van der Waals surface area contributed by atoms with Gasteiger partial charge in [-0.2, -0.15) is 0 Å². The maximum Gasteiger partial charge on any atom is 0.328 e. The van der Waals surface area contributed by atoms with Gasteiger partial charge >= 0.3 is 6.85 Å². The molecule has 0 aliphatic carbocycles. The van der Waals surface area contributed by atoms with Crippen LogP contribution in [0.25, 0.3) is 38.6 Å². The molecular weight excluding hydrogens is 471 g/mol. The molecule has 1 aromatic heterocycles. The van der Waals surface area contributed by atoms with Gasteiger partial charge in [0.15, 0.2) is 0 Å². The third-order valence-electron chi connectivity index (χ3n) is 8.03. The molecule has 0 spiro atoms. The van der Waals surface area contributed by atoms with Crippen LogP contribution < -0.4 is 15.7 Å². The van der Waals surface area contributed by atoms with Crippen molar-refractivity contribution >= 4 is 51.0 Å². The molecule has 0 radical (unpaired) electrons. The van der Waals surface area contributed by atoms with Crippen molar-refractivity contribution in [3.63, 3.8) is 0 Å². The molecule has 2 nitrogen and oxygen atoms in total. The number of aromatic nitrogens is 1. The summed E-state index contributed by atoms with van der Waals surface area (Å²) < 4.78 is 2.38. The first-order chi connectivity index (χ1) is 19.4. The van der Waals surface area contributed by atoms with Crippen molar-refractivity contribution in [2.75, 3.05) is 4.81 Å². The Morgan fingerprint density at radius 3 is 1.87 bits per heavy atom. The van der Waals surface area contributed by atoms with Crippen LogP contribution in [0, 0.1) is 0 Å². The van der Waals surface area contributed by atoms with Crippen LogP contribution in [-0.2, 0) is 0 Å². The van der Waals surface area contributed by atoms with E-state index in [2.05, 4.69) is 161 Å². The molecule has 7 aromatic rings. The van der Waals surface area contributed by atoms with Gasteiger partial charge in [0.2, 0.25) is 0 Å². The fourth-order valence-corrected chi connectivity index (χ4v) is 6.39. The lowest BCUT2D eigenvalue weighted by atomic mass is 9.45. The molecule has 39 heavy (non-hydrogen) atoms. The second kappa shape index (κ2) is 8.78. The molecule has 182 valence electrons. The highest BCUT2D eigenvalue weighted by atomic mass is 15.1. The molecular formula is C36H25BN2. The first-order valence-electron chi connectivity index (χ1n) is 13.5. The zero-order valence-electron chi connectivity index (χ0n) is 21.4. The predicted octanol–water partition coefficient (Wildman–Crippen LogP) is 7.71. The molecule has 0 saturated carbocycles. The van der Waals surface area contributed by atoms with Crippen molar-refractivity contribution < 1.29 is 0 Å². The van der Waals surface area contributed by atoms with E-state index in [9.17, 15) is 0 Å². The smallest absolute Gasteiger partial charge is 0.328 e. The minimum absolute atomic E-state index is 0.0433. The van der Waals surface area contributed by atoms with Crippen molar-refractivity contribution in [3.8, 4) is 16.8 Å². The van der Waals surface area contributed by atoms with Crippen LogP contribution in [0.1, 0.15) is 0 Å². The van der Waals surface area contributed by atoms with Gasteiger partial charge in [-0.1, -0.05) is 109 Å². The lowest BCUT2D eigenvalue weighted by molar-refractivity contribution is 1.18. The van der Waals surface area contributed by atoms with E-state index < -0.39 is 0 Å². The molecule has 3 heteroatoms. The Kier molecular flexibility index (Phi) is 4.96. The SMILES string of the molecule is c1ccc(N2B(c3ccc4c(c3)c3ccccc3n4-c3ccccc3)c3ccccc3-c3ccccc32)cc1. The van der Waals surface area contributed by atoms with Crippen LogP contribution in [0.5, 0.6) is 0 Å². The van der Waals surface area contributed by atoms with Gasteiger partial charge < -0.3 is 9.38 Å². The number of benzene rings is 6. The fraction of sp³-hybridized carbons (Fsp3) is 0. The summed E-state index contributed by atoms with van der Waals surface area (Å²) in [6.07, 6.45) is 0. The molecule has 0 unspecified atom stereocenters. The third kappa shape index (κ3) is 3.37. The highest BCUT2D eigenvalue weighted by molar-refractivity contribution is 6.91. The van der Waals surface area contributed by atoms with Crippen LogP contribution in [0.15, 0.2) is 152 Å². The number of fused-ring (bicyclic) bond motifs is 6. The summed E-state index contributed by atoms with van der Waals surface area (Å²) in [5.74, 6) is 0. The highest BCUT2D eigenvalue weighted by Crippen LogP contribution is 2.39. The van der Waals surface area contributed by atoms with Gasteiger partial charge in [0.05, 0.1) is 11.0 Å². The lowest BCUT2D eigenvalue weighted by Gasteiger charge is -2.39. The Balaban J connectivity index is 1.42. The summed E-state index contributed by atoms with van der Waals surface area (Å²) in [5.41, 5.74) is 11.2. The minimum atomic E-state index is 0.0433. The Bertz CT molecular complexity index is 1970. The van der Waals surface area contributed by atoms with E-state index in [1.807, 2.05) is 0 Å². The van der Waals surface area contributed by atoms with E-state index in [0.29, 0.717) is 0 Å². The normalized spacial score (nSPS) is 12.5. The quantitative estimate of drug-likeness (QED) is 0.228. The second-order valence-corrected chi connectivity index (χ2v) is 10.2. The zero-order valence-corrected chi connectivity index (χ0v) is 21.4. The van der Waals surface area contributed by atoms with E-state index in [0.717, 1.165) is 0 Å². The molecule has 0 N–H and O–H groups in total. The Labute approximate surface area is 228 Å². The monoisotopic (exact) mass is 496 g/mol. The van der Waals surface area contributed by atoms with E-state index in [1.54, 1.807) is 0 Å². The number of hydrogen-bond acceptors (Lipinski definition) is 1. The average molecular weight is 496 g/mol. The Hall–Kier alpha value is -5.02. The average Bonchev–Trinajstić information content (AvgIpc) is 3.35. The predicted molar refractivity (Wildman–Crippen MR) is 166 cm³/mol. The number of para-hydroxylation sites is 4. The molecule has 2 heterocycles. The van der Waals surface area contributed by atoms with Crippen molar-refractivity contribution in [1.82, 2.24) is 4.57 Å². The van der Waals surface area contributed by atoms with E-state index in [4.69, 9.17) is 0 Å². The Morgan fingerprint density at radius 2 is 1.05 bits per heavy atom. The molecule has 0 fully saturated rings. The Morgan fingerprint density at radius 1 is 0.436 bits per heavy atom. The summed E-state index contributed by atoms with van der Waals surface area (Å²) in [7, 11) is 0. The van der Waals surface area contributed by atoms with Crippen LogP contribution >= 0.6 is 0 Å². The van der Waals surface area contributed by atoms with Gasteiger partial charge in [0.1, 0.15) is 0 Å². The summed E-state index contributed by atoms with van der Waals surface area (Å²) in [4.78, 5) is 2.51. The van der Waals surface area contributed by atoms with E-state index in [-0.39, 0.29) is 6.85 Å². The maximum atomic E-state index is 2.51. The van der Waals surface area contributed by atoms with E-state index in [1.165, 1.54) is 60.9 Å². The van der Waals surface area contributed by atoms with Crippen molar-refractivity contribution in [2.24, 2.45) is 0 Å². The molecule has 0 atom stereocenters. The molecule has 8 rings (SSSR count). The number of nitrogens with zero attached hydrogens (tertiary/aromatic N) is 2. The zero-order chi connectivity index (χ0) is 25.8. The first-order valence-corrected chi connectivity index (χ1v) is 13.5. The summed E-state index contributed by atoms with van der Waals surface area (Å²) in [6, 6.07) is 54.9. The second-order valence-electron chi connectivity index (χ2n) is 10.2. The van der Waals surface area contributed by atoms with Gasteiger partial charge in [0, 0.05) is 33.4 Å². The molecule has 1 aliphatic heterocycles. The number of rotatable bonds is 3. The third-order valence-corrected chi connectivity index (χ3v) is 8.03. The van der Waals surface area contributed by atoms with Crippen molar-refractivity contribution in [1.29, 1.82) is 0 Å². The molecule has 1 aliphatic rings. The lowest BCUT2D eigenvalue weighted by Crippen LogP contribution is -2.57. The molecule has 0 bridgehead atoms. The number of hydrogen-bond donors (Lipinski definition) is 0. The van der Waals surface area contributed by atoms with Gasteiger partial charge in [-0.3, -0.25) is 0 Å². The summed E-state index contributed by atoms with van der Waals surface area (Å²) >= 11 is 0. The first kappa shape index (κ1) is 22.0. The minimum Gasteiger partial charge on any atom is -0.376 e. The topological polar surface area (TPSA) is 8.17 Å². The van der Waals surface area contributed by atoms with Crippen molar-refractivity contribution in [3.05, 3.63) is 152 Å². The van der Waals surface area contributed by atoms with Crippen LogP contribution in [-0.4, -0.2) is 11.4 Å². The van der Waals surface area contributed by atoms with Gasteiger partial charge in [0.25, 0.3) is 0 Å². The van der Waals surface area contributed by atoms with Gasteiger partial charge in [-0.05, 0) is 59.0 Å². The number of anilines is 2. The van der Waals surface area contributed by atoms with Crippen LogP contribution in [0.4, 0.5) is 11.4 Å². The molecule has 0 saturated heterocycles. The largest absolute Gasteiger partial charge is 0.376 e.